The average Bonchev–Trinajstić information content (AvgIpc) is 2.66. The van der Waals surface area contributed by atoms with Crippen molar-refractivity contribution in [3.63, 3.8) is 0 Å². The second-order valence-electron chi connectivity index (χ2n) is 5.29. The lowest BCUT2D eigenvalue weighted by Crippen LogP contribution is -2.29. The van der Waals surface area contributed by atoms with E-state index in [0.29, 0.717) is 6.61 Å². The first-order valence-corrected chi connectivity index (χ1v) is 6.93. The van der Waals surface area contributed by atoms with E-state index >= 15 is 0 Å². The molecule has 0 radical (unpaired) electrons. The molecule has 0 bridgehead atoms. The molecule has 0 spiro atoms. The van der Waals surface area contributed by atoms with E-state index in [-0.39, 0.29) is 0 Å². The van der Waals surface area contributed by atoms with Gasteiger partial charge in [0.05, 0.1) is 0 Å². The summed E-state index contributed by atoms with van der Waals surface area (Å²) in [6, 6.07) is 0.817. The maximum Gasteiger partial charge on any atom is 0.0430 e. The predicted molar refractivity (Wildman–Crippen MR) is 71.6 cm³/mol. The molecule has 0 aromatic heterocycles. The average molecular weight is 229 g/mol. The van der Waals surface area contributed by atoms with Gasteiger partial charge in [0.1, 0.15) is 0 Å². The molecule has 2 heteroatoms. The molecule has 0 aromatic rings. The second kappa shape index (κ2) is 10.1. The van der Waals surface area contributed by atoms with Gasteiger partial charge < -0.3 is 10.4 Å². The first-order chi connectivity index (χ1) is 7.65. The number of hydrogen-bond donors (Lipinski definition) is 2. The highest BCUT2D eigenvalue weighted by Gasteiger charge is 2.25. The molecular weight excluding hydrogens is 198 g/mol. The quantitative estimate of drug-likeness (QED) is 0.759. The van der Waals surface area contributed by atoms with Crippen LogP contribution in [0.25, 0.3) is 0 Å². The lowest BCUT2D eigenvalue weighted by Gasteiger charge is -2.20. The van der Waals surface area contributed by atoms with Gasteiger partial charge in [-0.25, -0.2) is 0 Å². The van der Waals surface area contributed by atoms with Crippen LogP contribution < -0.4 is 5.32 Å². The summed E-state index contributed by atoms with van der Waals surface area (Å²) in [5, 5.41) is 11.5. The van der Waals surface area contributed by atoms with Gasteiger partial charge in [0.15, 0.2) is 0 Å². The van der Waals surface area contributed by atoms with E-state index < -0.39 is 0 Å². The Labute approximate surface area is 102 Å². The Balaban J connectivity index is 0.000000385. The molecule has 98 valence electrons. The molecule has 1 saturated carbocycles. The highest BCUT2D eigenvalue weighted by molar-refractivity contribution is 4.82. The van der Waals surface area contributed by atoms with E-state index in [1.165, 1.54) is 25.7 Å². The summed E-state index contributed by atoms with van der Waals surface area (Å²) in [7, 11) is 2.10. The van der Waals surface area contributed by atoms with Crippen molar-refractivity contribution in [3.05, 3.63) is 0 Å². The van der Waals surface area contributed by atoms with Gasteiger partial charge >= 0.3 is 0 Å². The summed E-state index contributed by atoms with van der Waals surface area (Å²) in [5.74, 6) is 1.83. The zero-order valence-corrected chi connectivity index (χ0v) is 11.6. The molecule has 0 amide bonds. The smallest absolute Gasteiger partial charge is 0.0430 e. The van der Waals surface area contributed by atoms with Gasteiger partial charge in [-0.2, -0.15) is 0 Å². The first kappa shape index (κ1) is 15.9. The van der Waals surface area contributed by atoms with Gasteiger partial charge in [0, 0.05) is 12.6 Å². The van der Waals surface area contributed by atoms with Crippen molar-refractivity contribution in [1.29, 1.82) is 0 Å². The highest BCUT2D eigenvalue weighted by Crippen LogP contribution is 2.30. The number of aliphatic hydroxyl groups excluding tert-OH is 1. The summed E-state index contributed by atoms with van der Waals surface area (Å²) in [6.45, 7) is 7.04. The Morgan fingerprint density at radius 3 is 2.38 bits per heavy atom. The van der Waals surface area contributed by atoms with Crippen molar-refractivity contribution in [1.82, 2.24) is 5.32 Å². The summed E-state index contributed by atoms with van der Waals surface area (Å²) in [6.07, 6.45) is 7.72. The Hall–Kier alpha value is -0.0800. The zero-order chi connectivity index (χ0) is 12.4. The van der Waals surface area contributed by atoms with Crippen molar-refractivity contribution < 1.29 is 5.11 Å². The van der Waals surface area contributed by atoms with Gasteiger partial charge in [-0.05, 0) is 44.6 Å². The summed E-state index contributed by atoms with van der Waals surface area (Å²) >= 11 is 0. The van der Waals surface area contributed by atoms with E-state index in [2.05, 4.69) is 33.1 Å². The molecule has 1 aliphatic carbocycles. The van der Waals surface area contributed by atoms with Crippen molar-refractivity contribution >= 4 is 0 Å². The Morgan fingerprint density at radius 1 is 1.31 bits per heavy atom. The monoisotopic (exact) mass is 229 g/mol. The maximum atomic E-state index is 8.07. The number of rotatable bonds is 5. The maximum absolute atomic E-state index is 8.07. The molecule has 2 unspecified atom stereocenters. The molecule has 2 atom stereocenters. The van der Waals surface area contributed by atoms with Crippen LogP contribution >= 0.6 is 0 Å². The second-order valence-corrected chi connectivity index (χ2v) is 5.29. The lowest BCUT2D eigenvalue weighted by molar-refractivity contribution is 0.287. The minimum atomic E-state index is 0.344. The van der Waals surface area contributed by atoms with Crippen LogP contribution in [0.2, 0.25) is 0 Å². The minimum absolute atomic E-state index is 0.344. The molecule has 0 saturated heterocycles. The molecule has 1 fully saturated rings. The van der Waals surface area contributed by atoms with E-state index in [1.54, 1.807) is 0 Å². The largest absolute Gasteiger partial charge is 0.396 e. The number of aliphatic hydroxyl groups is 1. The third-order valence-corrected chi connectivity index (χ3v) is 3.32. The van der Waals surface area contributed by atoms with Crippen LogP contribution in [0.1, 0.15) is 59.3 Å². The standard InChI is InChI=1S/C10H21N.C4H10O/c1-8(2)7-9-5-4-6-10(9)11-3;1-2-3-4-5/h8-11H,4-7H2,1-3H3;5H,2-4H2,1H3. The van der Waals surface area contributed by atoms with E-state index in [0.717, 1.165) is 30.7 Å². The van der Waals surface area contributed by atoms with Crippen LogP contribution in [0.4, 0.5) is 0 Å². The van der Waals surface area contributed by atoms with Crippen molar-refractivity contribution in [2.75, 3.05) is 13.7 Å². The Morgan fingerprint density at radius 2 is 2.00 bits per heavy atom. The van der Waals surface area contributed by atoms with Gasteiger partial charge in [0.25, 0.3) is 0 Å². The third-order valence-electron chi connectivity index (χ3n) is 3.32. The molecule has 1 rings (SSSR count). The minimum Gasteiger partial charge on any atom is -0.396 e. The van der Waals surface area contributed by atoms with Crippen LogP contribution in [0.5, 0.6) is 0 Å². The third kappa shape index (κ3) is 7.24. The van der Waals surface area contributed by atoms with Gasteiger partial charge in [-0.1, -0.05) is 33.6 Å². The van der Waals surface area contributed by atoms with E-state index in [9.17, 15) is 0 Å². The SMILES string of the molecule is CCCCO.CNC1CCCC1CC(C)C. The fourth-order valence-corrected chi connectivity index (χ4v) is 2.46. The van der Waals surface area contributed by atoms with Gasteiger partial charge in [0.2, 0.25) is 0 Å². The number of unbranched alkanes of at least 4 members (excludes halogenated alkanes) is 1. The summed E-state index contributed by atoms with van der Waals surface area (Å²) in [5.41, 5.74) is 0. The van der Waals surface area contributed by atoms with E-state index in [4.69, 9.17) is 5.11 Å². The molecule has 16 heavy (non-hydrogen) atoms. The van der Waals surface area contributed by atoms with Crippen molar-refractivity contribution in [2.24, 2.45) is 11.8 Å². The zero-order valence-electron chi connectivity index (χ0n) is 11.6. The fourth-order valence-electron chi connectivity index (χ4n) is 2.46. The van der Waals surface area contributed by atoms with Crippen LogP contribution in [0, 0.1) is 11.8 Å². The molecular formula is C14H31NO. The Kier molecular flexibility index (Phi) is 10.0. The molecule has 0 aliphatic heterocycles. The van der Waals surface area contributed by atoms with Crippen LogP contribution in [-0.4, -0.2) is 24.8 Å². The normalized spacial score (nSPS) is 24.4. The van der Waals surface area contributed by atoms with Crippen LogP contribution in [-0.2, 0) is 0 Å². The molecule has 0 heterocycles. The lowest BCUT2D eigenvalue weighted by atomic mass is 9.93. The fraction of sp³-hybridized carbons (Fsp3) is 1.00. The summed E-state index contributed by atoms with van der Waals surface area (Å²) in [4.78, 5) is 0. The first-order valence-electron chi connectivity index (χ1n) is 6.93. The van der Waals surface area contributed by atoms with E-state index in [1.807, 2.05) is 0 Å². The molecule has 1 aliphatic rings. The van der Waals surface area contributed by atoms with Crippen LogP contribution in [0.3, 0.4) is 0 Å². The topological polar surface area (TPSA) is 32.3 Å². The Bertz CT molecular complexity index is 146. The predicted octanol–water partition coefficient (Wildman–Crippen LogP) is 3.20. The molecule has 2 nitrogen and oxygen atoms in total. The van der Waals surface area contributed by atoms with Crippen molar-refractivity contribution in [2.45, 2.75) is 65.3 Å². The number of hydrogen-bond acceptors (Lipinski definition) is 2. The van der Waals surface area contributed by atoms with Gasteiger partial charge in [-0.15, -0.1) is 0 Å². The summed E-state index contributed by atoms with van der Waals surface area (Å²) < 4.78 is 0. The van der Waals surface area contributed by atoms with Crippen LogP contribution in [0.15, 0.2) is 0 Å². The molecule has 2 N–H and O–H groups in total. The highest BCUT2D eigenvalue weighted by atomic mass is 16.2. The van der Waals surface area contributed by atoms with Gasteiger partial charge in [-0.3, -0.25) is 0 Å². The van der Waals surface area contributed by atoms with Crippen molar-refractivity contribution in [3.8, 4) is 0 Å². The number of nitrogens with one attached hydrogen (secondary N) is 1. The molecule has 0 aromatic carbocycles.